The van der Waals surface area contributed by atoms with Gasteiger partial charge in [0, 0.05) is 99.0 Å². The molecule has 0 atom stereocenters. The molecule has 0 N–H and O–H groups in total. The Bertz CT molecular complexity index is 10100. The van der Waals surface area contributed by atoms with Gasteiger partial charge in [0.15, 0.2) is 0 Å². The van der Waals surface area contributed by atoms with Gasteiger partial charge in [-0.3, -0.25) is 13.7 Å². The molecule has 30 rings (SSSR count). The second-order valence-electron chi connectivity index (χ2n) is 35.2. The van der Waals surface area contributed by atoms with Crippen LogP contribution in [0.25, 0.3) is 265 Å². The van der Waals surface area contributed by atoms with Gasteiger partial charge in [-0.25, -0.2) is 15.0 Å². The van der Waals surface area contributed by atoms with Gasteiger partial charge in [-0.1, -0.05) is 255 Å². The van der Waals surface area contributed by atoms with Gasteiger partial charge in [-0.05, 0) is 240 Å². The molecule has 0 aliphatic rings. The van der Waals surface area contributed by atoms with Gasteiger partial charge in [0.2, 0.25) is 0 Å². The van der Waals surface area contributed by atoms with Crippen LogP contribution in [-0.2, 0) is 0 Å². The molecule has 0 radical (unpaired) electrons. The fraction of sp³-hybridized carbons (Fsp3) is 0. The minimum absolute atomic E-state index is 0.911. The van der Waals surface area contributed by atoms with E-state index < -0.39 is 0 Å². The predicted molar refractivity (Wildman–Crippen MR) is 565 cm³/mol. The maximum absolute atomic E-state index is 6.49. The van der Waals surface area contributed by atoms with Crippen molar-refractivity contribution in [2.45, 2.75) is 0 Å². The monoisotopic (exact) mass is 1750 g/mol. The topological polar surface area (TPSA) is 108 Å². The highest BCUT2D eigenvalue weighted by Gasteiger charge is 2.27. The van der Waals surface area contributed by atoms with Crippen molar-refractivity contribution in [1.82, 2.24) is 42.4 Å². The summed E-state index contributed by atoms with van der Waals surface area (Å²) in [7, 11) is 0. The van der Waals surface area contributed by atoms with E-state index in [9.17, 15) is 0 Å². The smallest absolute Gasteiger partial charge is 0.145 e. The van der Waals surface area contributed by atoms with E-state index >= 15 is 0 Å². The molecule has 21 aromatic carbocycles. The van der Waals surface area contributed by atoms with E-state index in [0.29, 0.717) is 0 Å². The molecule has 0 bridgehead atoms. The number of aromatic nitrogens is 9. The average Bonchev–Trinajstić information content (AvgIpc) is 1.57. The third-order valence-electron chi connectivity index (χ3n) is 27.6. The summed E-state index contributed by atoms with van der Waals surface area (Å²) in [5, 5.41) is 18.6. The van der Waals surface area contributed by atoms with Crippen molar-refractivity contribution in [3.05, 3.63) is 467 Å². The zero-order chi connectivity index (χ0) is 89.9. The van der Waals surface area contributed by atoms with Crippen molar-refractivity contribution in [1.29, 1.82) is 0 Å². The number of fused-ring (bicyclic) bond motifs is 26. The van der Waals surface area contributed by atoms with Crippen molar-refractivity contribution in [3.63, 3.8) is 0 Å². The van der Waals surface area contributed by atoms with Crippen LogP contribution in [0, 0.1) is 0 Å². The maximum Gasteiger partial charge on any atom is 0.145 e. The lowest BCUT2D eigenvalue weighted by Crippen LogP contribution is -1.99. The van der Waals surface area contributed by atoms with E-state index in [1.54, 1.807) is 0 Å². The number of para-hydroxylation sites is 12. The molecular weight excluding hydrogens is 1680 g/mol. The van der Waals surface area contributed by atoms with Crippen LogP contribution in [0.1, 0.15) is 0 Å². The summed E-state index contributed by atoms with van der Waals surface area (Å²) < 4.78 is 33.3. The molecule has 0 unspecified atom stereocenters. The molecule has 137 heavy (non-hydrogen) atoms. The van der Waals surface area contributed by atoms with Gasteiger partial charge >= 0.3 is 0 Å². The average molecular weight is 1750 g/mol. The molecule has 0 aliphatic carbocycles. The van der Waals surface area contributed by atoms with Crippen LogP contribution in [0.5, 0.6) is 0 Å². The Morgan fingerprint density at radius 2 is 0.460 bits per heavy atom. The maximum atomic E-state index is 6.49. The molecule has 0 saturated heterocycles. The van der Waals surface area contributed by atoms with E-state index in [2.05, 4.69) is 440 Å². The highest BCUT2D eigenvalue weighted by Crippen LogP contribution is 2.47. The molecule has 12 nitrogen and oxygen atoms in total. The summed E-state index contributed by atoms with van der Waals surface area (Å²) in [6, 6.07) is 165. The number of hydrogen-bond donors (Lipinski definition) is 0. The van der Waals surface area contributed by atoms with E-state index in [1.807, 2.05) is 54.6 Å². The number of imidazole rings is 3. The normalized spacial score (nSPS) is 11.9. The number of furan rings is 3. The fourth-order valence-corrected chi connectivity index (χ4v) is 21.4. The standard InChI is InChI=1S/C43H27N3O.2C41H25N3O/c1-2-10-28(11-3-1)29-18-22-32(23-19-29)46-38-16-8-6-14-36(38)44-43(46)30-20-24-31(25-21-30)45-37-15-7-4-13-35(37)41-39(45)27-26-34-33-12-5-9-17-40(33)47-42(34)41;1-2-12-29-26(10-1)11-9-18-34(29)44-36-17-7-5-15-33(36)42-41(44)27-20-22-28(23-21-27)43-35-16-6-3-14-32(35)39-37(43)25-24-31-30-13-4-8-19-38(30)45-40(31)39;1-2-10-28-25-30(22-17-26(28)9-1)44-36-15-7-5-13-34(36)42-41(44)27-18-20-29(21-19-27)43-35-14-6-3-12-33(35)39-37(43)24-23-32-31-11-4-8-16-38(31)45-40(32)39/h1-27H;2*1-25H. The van der Waals surface area contributed by atoms with Gasteiger partial charge < -0.3 is 27.0 Å². The number of rotatable bonds is 10. The Kier molecular flexibility index (Phi) is 17.5. The molecule has 12 heteroatoms. The van der Waals surface area contributed by atoms with Crippen molar-refractivity contribution < 1.29 is 13.3 Å². The Balaban J connectivity index is 0.000000102. The van der Waals surface area contributed by atoms with Crippen LogP contribution in [0.3, 0.4) is 0 Å². The van der Waals surface area contributed by atoms with Crippen LogP contribution in [-0.4, -0.2) is 42.4 Å². The van der Waals surface area contributed by atoms with Crippen molar-refractivity contribution >= 4 is 186 Å². The first-order chi connectivity index (χ1) is 68.0. The second-order valence-corrected chi connectivity index (χ2v) is 35.2. The van der Waals surface area contributed by atoms with Crippen LogP contribution in [0.4, 0.5) is 0 Å². The summed E-state index contributed by atoms with van der Waals surface area (Å²) in [5.41, 5.74) is 30.7. The molecule has 30 aromatic rings. The van der Waals surface area contributed by atoms with Gasteiger partial charge in [0.1, 0.15) is 51.0 Å². The zero-order valence-electron chi connectivity index (χ0n) is 73.7. The minimum Gasteiger partial charge on any atom is -0.455 e. The lowest BCUT2D eigenvalue weighted by Gasteiger charge is -2.13. The third-order valence-corrected chi connectivity index (χ3v) is 27.6. The summed E-state index contributed by atoms with van der Waals surface area (Å²) in [6.45, 7) is 0. The highest BCUT2D eigenvalue weighted by atomic mass is 16.3. The number of nitrogens with zero attached hydrogens (tertiary/aromatic N) is 9. The zero-order valence-corrected chi connectivity index (χ0v) is 73.7. The Morgan fingerprint density at radius 1 is 0.161 bits per heavy atom. The van der Waals surface area contributed by atoms with E-state index in [4.69, 9.17) is 28.2 Å². The predicted octanol–water partition coefficient (Wildman–Crippen LogP) is 33.0. The molecule has 0 fully saturated rings. The molecule has 0 spiro atoms. The Morgan fingerprint density at radius 3 is 0.891 bits per heavy atom. The van der Waals surface area contributed by atoms with Gasteiger partial charge in [-0.15, -0.1) is 0 Å². The largest absolute Gasteiger partial charge is 0.455 e. The molecule has 9 heterocycles. The molecule has 9 aromatic heterocycles. The number of benzene rings is 21. The fourth-order valence-electron chi connectivity index (χ4n) is 21.4. The first kappa shape index (κ1) is 77.1. The summed E-state index contributed by atoms with van der Waals surface area (Å²) in [5.74, 6) is 2.76. The summed E-state index contributed by atoms with van der Waals surface area (Å²) in [4.78, 5) is 15.4. The first-order valence-electron chi connectivity index (χ1n) is 46.4. The lowest BCUT2D eigenvalue weighted by atomic mass is 10.1. The van der Waals surface area contributed by atoms with E-state index in [1.165, 1.54) is 48.8 Å². The van der Waals surface area contributed by atoms with Crippen molar-refractivity contribution in [2.75, 3.05) is 0 Å². The molecule has 0 amide bonds. The molecular formula is C125H77N9O3. The van der Waals surface area contributed by atoms with Crippen LogP contribution < -0.4 is 0 Å². The van der Waals surface area contributed by atoms with Crippen LogP contribution in [0.2, 0.25) is 0 Å². The van der Waals surface area contributed by atoms with Gasteiger partial charge in [-0.2, -0.15) is 0 Å². The van der Waals surface area contributed by atoms with Crippen molar-refractivity contribution in [2.24, 2.45) is 0 Å². The van der Waals surface area contributed by atoms with Gasteiger partial charge in [0.25, 0.3) is 0 Å². The Hall–Kier alpha value is -18.7. The van der Waals surface area contributed by atoms with Crippen LogP contribution in [0.15, 0.2) is 480 Å². The van der Waals surface area contributed by atoms with E-state index in [0.717, 1.165) is 216 Å². The first-order valence-corrected chi connectivity index (χ1v) is 46.4. The Labute approximate surface area is 782 Å². The molecule has 0 saturated carbocycles. The minimum atomic E-state index is 0.911. The van der Waals surface area contributed by atoms with E-state index in [-0.39, 0.29) is 0 Å². The third kappa shape index (κ3) is 12.3. The molecule has 0 aliphatic heterocycles. The second kappa shape index (κ2) is 31.0. The highest BCUT2D eigenvalue weighted by molar-refractivity contribution is 6.27. The van der Waals surface area contributed by atoms with Crippen molar-refractivity contribution in [3.8, 4) is 79.4 Å². The van der Waals surface area contributed by atoms with Crippen LogP contribution >= 0.6 is 0 Å². The lowest BCUT2D eigenvalue weighted by molar-refractivity contribution is 0.672. The van der Waals surface area contributed by atoms with Gasteiger partial charge in [0.05, 0.1) is 88.0 Å². The quantitative estimate of drug-likeness (QED) is 0.135. The SMILES string of the molecule is c1ccc(-c2ccc(-n3c(-c4ccc(-n5c6ccccc6c6c7oc8ccccc8c7ccc65)cc4)nc4ccccc43)cc2)cc1.c1ccc2c(-n3c(-c4ccc(-n5c6ccccc6c6c7oc8ccccc8c7ccc65)cc4)nc4ccccc43)cccc2c1.c1ccc2cc(-n3c(-c4ccc(-n5c6ccccc6c6c7oc8ccccc8c7ccc65)cc4)nc4ccccc43)ccc2c1. The molecule has 640 valence electrons. The summed E-state index contributed by atoms with van der Waals surface area (Å²) in [6.07, 6.45) is 0. The summed E-state index contributed by atoms with van der Waals surface area (Å²) >= 11 is 0. The number of hydrogen-bond acceptors (Lipinski definition) is 6.